The molecule has 2 aliphatic carbocycles. The standard InChI is InChI=1S/C31H38N2O9S2/c1-21-9-7-10-28(30(21)32)44(39,40)42-24-19-27-25(31(2,3)20-24)17-22-12-13-23(18-26(22)41-27)33(15-8-16-43(36,37)38)14-6-4-5-11-29(34)35/h7,9-10,12-13,17-19H,4-6,8,11,14-16,20,32H2,1-3H3,(H-,34,35,36,37,38)/p+1. The van der Waals surface area contributed by atoms with Crippen LogP contribution >= 0.6 is 0 Å². The number of hydrogen-bond donors (Lipinski definition) is 3. The lowest BCUT2D eigenvalue weighted by Gasteiger charge is -2.31. The van der Waals surface area contributed by atoms with Gasteiger partial charge >= 0.3 is 16.1 Å². The van der Waals surface area contributed by atoms with E-state index in [1.54, 1.807) is 25.1 Å². The maximum absolute atomic E-state index is 13.2. The number of hydrogen-bond acceptors (Lipinski definition) is 8. The van der Waals surface area contributed by atoms with Crippen LogP contribution in [-0.2, 0) is 34.6 Å². The highest BCUT2D eigenvalue weighted by molar-refractivity contribution is 7.87. The van der Waals surface area contributed by atoms with Crippen molar-refractivity contribution in [2.75, 3.05) is 24.6 Å². The maximum Gasteiger partial charge on any atom is 0.340 e. The minimum absolute atomic E-state index is 0.0813. The summed E-state index contributed by atoms with van der Waals surface area (Å²) in [6.07, 6.45) is 4.09. The summed E-state index contributed by atoms with van der Waals surface area (Å²) in [4.78, 5) is 10.8. The number of nitrogens with two attached hydrogens (primary N) is 1. The molecular formula is C31H39N2O9S2+. The number of nitrogen functional groups attached to an aromatic ring is 1. The number of allylic oxidation sites excluding steroid dienone is 1. The number of carboxylic acid groups (broad SMARTS) is 1. The van der Waals surface area contributed by atoms with Crippen LogP contribution in [0.3, 0.4) is 0 Å². The molecule has 3 aliphatic rings. The van der Waals surface area contributed by atoms with Gasteiger partial charge in [0.15, 0.2) is 0 Å². The van der Waals surface area contributed by atoms with Crippen LogP contribution < -0.4 is 15.7 Å². The number of anilines is 1. The lowest BCUT2D eigenvalue weighted by atomic mass is 9.76. The number of carboxylic acids is 1. The summed E-state index contributed by atoms with van der Waals surface area (Å²) in [5, 5.41) is 9.67. The van der Waals surface area contributed by atoms with Gasteiger partial charge < -0.3 is 19.4 Å². The first-order valence-corrected chi connectivity index (χ1v) is 17.4. The minimum atomic E-state index is -4.20. The Kier molecular flexibility index (Phi) is 9.91. The van der Waals surface area contributed by atoms with E-state index in [1.165, 1.54) is 6.07 Å². The van der Waals surface area contributed by atoms with Crippen LogP contribution in [0.25, 0.3) is 17.4 Å². The zero-order chi connectivity index (χ0) is 32.3. The Morgan fingerprint density at radius 3 is 2.48 bits per heavy atom. The van der Waals surface area contributed by atoms with Crippen LogP contribution in [0.2, 0.25) is 0 Å². The van der Waals surface area contributed by atoms with Crippen LogP contribution in [0.15, 0.2) is 57.5 Å². The second-order valence-electron chi connectivity index (χ2n) is 11.8. The molecule has 1 heterocycles. The number of benzene rings is 2. The predicted octanol–water partition coefficient (Wildman–Crippen LogP) is 4.40. The number of aliphatic carboxylic acids is 1. The van der Waals surface area contributed by atoms with Gasteiger partial charge in [0.05, 0.1) is 17.5 Å². The fraction of sp³-hybridized carbons (Fsp3) is 0.419. The number of nitrogens with zero attached hydrogens (tertiary/aromatic N) is 1. The molecule has 0 atom stereocenters. The largest absolute Gasteiger partial charge is 0.481 e. The second-order valence-corrected chi connectivity index (χ2v) is 14.9. The second kappa shape index (κ2) is 13.1. The Morgan fingerprint density at radius 1 is 1.05 bits per heavy atom. The van der Waals surface area contributed by atoms with Gasteiger partial charge in [0, 0.05) is 54.4 Å². The molecule has 1 aromatic carbocycles. The highest BCUT2D eigenvalue weighted by Crippen LogP contribution is 2.42. The van der Waals surface area contributed by atoms with E-state index in [4.69, 9.17) is 19.4 Å². The smallest absolute Gasteiger partial charge is 0.340 e. The molecule has 11 nitrogen and oxygen atoms in total. The third-order valence-corrected chi connectivity index (χ3v) is 9.84. The van der Waals surface area contributed by atoms with E-state index in [2.05, 4.69) is 0 Å². The molecule has 4 rings (SSSR count). The Bertz CT molecular complexity index is 1840. The first-order chi connectivity index (χ1) is 20.6. The summed E-state index contributed by atoms with van der Waals surface area (Å²) < 4.78 is 72.1. The van der Waals surface area contributed by atoms with E-state index in [0.717, 1.165) is 16.5 Å². The molecular weight excluding hydrogens is 608 g/mol. The number of carbonyl (C=O) groups is 1. The average molecular weight is 648 g/mol. The van der Waals surface area contributed by atoms with Crippen molar-refractivity contribution in [2.24, 2.45) is 0 Å². The van der Waals surface area contributed by atoms with E-state index in [-0.39, 0.29) is 34.9 Å². The molecule has 0 spiro atoms. The van der Waals surface area contributed by atoms with Gasteiger partial charge in [-0.05, 0) is 43.5 Å². The molecule has 0 amide bonds. The summed E-state index contributed by atoms with van der Waals surface area (Å²) in [6.45, 7) is 6.58. The molecule has 0 saturated carbocycles. The SMILES string of the molecule is Cc1cccc(S(=O)(=O)OC2=Cc3oc4cc(=[N+](CCCCCC(=O)O)CCCS(=O)(=O)O)ccc-4cc3C(C)(C)C2)c1N. The molecule has 238 valence electrons. The summed E-state index contributed by atoms with van der Waals surface area (Å²) in [5.74, 6) is -0.0211. The molecule has 0 unspecified atom stereocenters. The van der Waals surface area contributed by atoms with Crippen molar-refractivity contribution in [2.45, 2.75) is 69.6 Å². The normalized spacial score (nSPS) is 15.4. The summed E-state index contributed by atoms with van der Waals surface area (Å²) in [7, 11) is -8.31. The Labute approximate surface area is 257 Å². The Morgan fingerprint density at radius 2 is 1.77 bits per heavy atom. The van der Waals surface area contributed by atoms with Crippen molar-refractivity contribution in [3.63, 3.8) is 0 Å². The van der Waals surface area contributed by atoms with Crippen molar-refractivity contribution in [1.29, 1.82) is 0 Å². The summed E-state index contributed by atoms with van der Waals surface area (Å²) >= 11 is 0. The van der Waals surface area contributed by atoms with Gasteiger partial charge in [-0.25, -0.2) is 4.58 Å². The summed E-state index contributed by atoms with van der Waals surface area (Å²) in [5.41, 5.74) is 8.02. The highest BCUT2D eigenvalue weighted by atomic mass is 32.2. The molecule has 0 saturated heterocycles. The topological polar surface area (TPSA) is 177 Å². The molecule has 1 aliphatic heterocycles. The zero-order valence-electron chi connectivity index (χ0n) is 25.1. The molecule has 44 heavy (non-hydrogen) atoms. The lowest BCUT2D eigenvalue weighted by molar-refractivity contribution is -0.137. The monoisotopic (exact) mass is 647 g/mol. The van der Waals surface area contributed by atoms with Gasteiger partial charge in [-0.1, -0.05) is 26.0 Å². The van der Waals surface area contributed by atoms with Crippen molar-refractivity contribution in [3.8, 4) is 11.3 Å². The first-order valence-electron chi connectivity index (χ1n) is 14.4. The average Bonchev–Trinajstić information content (AvgIpc) is 2.90. The molecule has 1 aromatic rings. The quantitative estimate of drug-likeness (QED) is 0.0792. The van der Waals surface area contributed by atoms with Crippen molar-refractivity contribution < 1.29 is 39.9 Å². The van der Waals surface area contributed by atoms with E-state index < -0.39 is 31.6 Å². The number of unbranched alkanes of at least 4 members (excludes halogenated alkanes) is 2. The molecule has 0 bridgehead atoms. The van der Waals surface area contributed by atoms with Crippen LogP contribution in [0.4, 0.5) is 5.69 Å². The van der Waals surface area contributed by atoms with Gasteiger partial charge in [0.2, 0.25) is 5.36 Å². The number of aryl methyl sites for hydroxylation is 1. The van der Waals surface area contributed by atoms with Gasteiger partial charge in [0.1, 0.15) is 35.3 Å². The van der Waals surface area contributed by atoms with Gasteiger partial charge in [0.25, 0.3) is 10.1 Å². The van der Waals surface area contributed by atoms with Crippen LogP contribution in [-0.4, -0.2) is 51.3 Å². The van der Waals surface area contributed by atoms with E-state index in [9.17, 15) is 26.2 Å². The molecule has 0 radical (unpaired) electrons. The summed E-state index contributed by atoms with van der Waals surface area (Å²) in [6, 6.07) is 12.4. The van der Waals surface area contributed by atoms with Gasteiger partial charge in [-0.3, -0.25) is 9.35 Å². The first kappa shape index (κ1) is 33.2. The predicted molar refractivity (Wildman–Crippen MR) is 167 cm³/mol. The van der Waals surface area contributed by atoms with Crippen LogP contribution in [0, 0.1) is 6.92 Å². The lowest BCUT2D eigenvalue weighted by Crippen LogP contribution is -2.33. The number of para-hydroxylation sites is 1. The van der Waals surface area contributed by atoms with Crippen molar-refractivity contribution >= 4 is 38.0 Å². The zero-order valence-corrected chi connectivity index (χ0v) is 26.7. The molecule has 0 aromatic heterocycles. The molecule has 13 heteroatoms. The fourth-order valence-electron chi connectivity index (χ4n) is 5.37. The van der Waals surface area contributed by atoms with Gasteiger partial charge in [-0.2, -0.15) is 16.8 Å². The highest BCUT2D eigenvalue weighted by Gasteiger charge is 2.34. The number of rotatable bonds is 13. The van der Waals surface area contributed by atoms with Crippen molar-refractivity contribution in [1.82, 2.24) is 4.58 Å². The molecule has 4 N–H and O–H groups in total. The van der Waals surface area contributed by atoms with Gasteiger partial charge in [-0.15, -0.1) is 0 Å². The van der Waals surface area contributed by atoms with Crippen LogP contribution in [0.1, 0.15) is 69.3 Å². The van der Waals surface area contributed by atoms with Crippen molar-refractivity contribution in [3.05, 3.63) is 70.5 Å². The molecule has 0 fully saturated rings. The number of fused-ring (bicyclic) bond motifs is 2. The maximum atomic E-state index is 13.2. The van der Waals surface area contributed by atoms with E-state index >= 15 is 0 Å². The van der Waals surface area contributed by atoms with E-state index in [0.29, 0.717) is 55.9 Å². The fourth-order valence-corrected chi connectivity index (χ4v) is 7.01. The van der Waals surface area contributed by atoms with E-state index in [1.807, 2.05) is 42.7 Å². The minimum Gasteiger partial charge on any atom is -0.481 e. The third kappa shape index (κ3) is 8.27. The Balaban J connectivity index is 1.70. The van der Waals surface area contributed by atoms with Crippen LogP contribution in [0.5, 0.6) is 0 Å². The third-order valence-electron chi connectivity index (χ3n) is 7.70. The Hall–Kier alpha value is -3.68.